The van der Waals surface area contributed by atoms with E-state index in [1.165, 1.54) is 18.5 Å². The van der Waals surface area contributed by atoms with Gasteiger partial charge >= 0.3 is 6.03 Å². The Morgan fingerprint density at radius 2 is 1.80 bits per heavy atom. The topological polar surface area (TPSA) is 55.8 Å². The number of likely N-dealkylation sites (tertiary alicyclic amines) is 1. The number of carbonyl (C=O) groups is 1. The third-order valence-electron chi connectivity index (χ3n) is 5.73. The van der Waals surface area contributed by atoms with E-state index in [9.17, 15) is 9.90 Å². The third kappa shape index (κ3) is 4.66. The molecule has 2 saturated heterocycles. The summed E-state index contributed by atoms with van der Waals surface area (Å²) in [7, 11) is 0. The summed E-state index contributed by atoms with van der Waals surface area (Å²) in [6, 6.07) is 8.43. The molecule has 0 spiro atoms. The molecular formula is C20H31N3O2. The number of aliphatic hydroxyl groups is 1. The lowest BCUT2D eigenvalue weighted by molar-refractivity contribution is 0.0435. The number of piperidine rings is 2. The lowest BCUT2D eigenvalue weighted by atomic mass is 9.96. The first-order valence-corrected chi connectivity index (χ1v) is 9.57. The SMILES string of the molecule is CC1CCN(c2ccc(CNC(=O)N3CCC(C)C(O)C3)cc2)CC1. The van der Waals surface area contributed by atoms with Crippen molar-refractivity contribution in [3.63, 3.8) is 0 Å². The monoisotopic (exact) mass is 345 g/mol. The number of hydrogen-bond acceptors (Lipinski definition) is 3. The molecule has 0 aromatic heterocycles. The number of anilines is 1. The summed E-state index contributed by atoms with van der Waals surface area (Å²) in [6.07, 6.45) is 2.97. The molecule has 2 N–H and O–H groups in total. The van der Waals surface area contributed by atoms with Crippen LogP contribution in [-0.4, -0.2) is 48.3 Å². The molecule has 0 saturated carbocycles. The number of hydrogen-bond donors (Lipinski definition) is 2. The maximum Gasteiger partial charge on any atom is 0.317 e. The molecule has 1 aromatic rings. The number of β-amino-alcohol motifs (C(OH)–C–C–N with tert-alkyl or cyclic N) is 1. The summed E-state index contributed by atoms with van der Waals surface area (Å²) in [4.78, 5) is 16.4. The van der Waals surface area contributed by atoms with Crippen molar-refractivity contribution < 1.29 is 9.90 Å². The van der Waals surface area contributed by atoms with E-state index in [-0.39, 0.29) is 11.9 Å². The normalized spacial score (nSPS) is 25.1. The highest BCUT2D eigenvalue weighted by atomic mass is 16.3. The van der Waals surface area contributed by atoms with Gasteiger partial charge in [0.2, 0.25) is 0 Å². The molecule has 2 atom stereocenters. The summed E-state index contributed by atoms with van der Waals surface area (Å²) >= 11 is 0. The molecule has 2 amide bonds. The number of aliphatic hydroxyl groups excluding tert-OH is 1. The molecule has 5 nitrogen and oxygen atoms in total. The van der Waals surface area contributed by atoms with Gasteiger partial charge in [0.15, 0.2) is 0 Å². The van der Waals surface area contributed by atoms with Crippen LogP contribution in [0.15, 0.2) is 24.3 Å². The highest BCUT2D eigenvalue weighted by Gasteiger charge is 2.27. The Morgan fingerprint density at radius 3 is 2.44 bits per heavy atom. The fourth-order valence-electron chi connectivity index (χ4n) is 3.61. The van der Waals surface area contributed by atoms with Crippen LogP contribution < -0.4 is 10.2 Å². The second-order valence-corrected chi connectivity index (χ2v) is 7.77. The molecule has 2 heterocycles. The Bertz CT molecular complexity index is 567. The van der Waals surface area contributed by atoms with Crippen LogP contribution in [0.5, 0.6) is 0 Å². The standard InChI is InChI=1S/C20H31N3O2/c1-15-7-10-22(11-8-15)18-5-3-17(4-6-18)13-21-20(25)23-12-9-16(2)19(24)14-23/h3-6,15-16,19,24H,7-14H2,1-2H3,(H,21,25). The molecule has 2 fully saturated rings. The number of nitrogens with one attached hydrogen (secondary N) is 1. The molecule has 3 rings (SSSR count). The summed E-state index contributed by atoms with van der Waals surface area (Å²) in [5.74, 6) is 1.11. The zero-order valence-electron chi connectivity index (χ0n) is 15.4. The largest absolute Gasteiger partial charge is 0.391 e. The molecular weight excluding hydrogens is 314 g/mol. The van der Waals surface area contributed by atoms with E-state index in [2.05, 4.69) is 41.4 Å². The van der Waals surface area contributed by atoms with Gasteiger partial charge in [-0.2, -0.15) is 0 Å². The minimum Gasteiger partial charge on any atom is -0.391 e. The van der Waals surface area contributed by atoms with Gasteiger partial charge in [0.25, 0.3) is 0 Å². The van der Waals surface area contributed by atoms with E-state index in [4.69, 9.17) is 0 Å². The Morgan fingerprint density at radius 1 is 1.12 bits per heavy atom. The first-order valence-electron chi connectivity index (χ1n) is 9.57. The van der Waals surface area contributed by atoms with Crippen LogP contribution in [0, 0.1) is 11.8 Å². The molecule has 5 heteroatoms. The Labute approximate surface area is 151 Å². The van der Waals surface area contributed by atoms with Crippen molar-refractivity contribution in [3.8, 4) is 0 Å². The van der Waals surface area contributed by atoms with Gasteiger partial charge in [-0.1, -0.05) is 26.0 Å². The number of rotatable bonds is 3. The molecule has 138 valence electrons. The minimum absolute atomic E-state index is 0.0833. The summed E-state index contributed by atoms with van der Waals surface area (Å²) < 4.78 is 0. The zero-order chi connectivity index (χ0) is 17.8. The van der Waals surface area contributed by atoms with Crippen LogP contribution in [-0.2, 0) is 6.54 Å². The molecule has 0 bridgehead atoms. The second kappa shape index (κ2) is 8.09. The third-order valence-corrected chi connectivity index (χ3v) is 5.73. The van der Waals surface area contributed by atoms with Crippen LogP contribution in [0.25, 0.3) is 0 Å². The van der Waals surface area contributed by atoms with Crippen molar-refractivity contribution in [1.29, 1.82) is 0 Å². The van der Waals surface area contributed by atoms with Crippen LogP contribution in [0.3, 0.4) is 0 Å². The molecule has 2 aliphatic heterocycles. The van der Waals surface area contributed by atoms with Gasteiger partial charge in [-0.15, -0.1) is 0 Å². The first kappa shape index (κ1) is 18.1. The molecule has 25 heavy (non-hydrogen) atoms. The van der Waals surface area contributed by atoms with E-state index in [1.54, 1.807) is 4.90 Å². The Kier molecular flexibility index (Phi) is 5.84. The number of carbonyl (C=O) groups excluding carboxylic acids is 1. The number of urea groups is 1. The van der Waals surface area contributed by atoms with Crippen LogP contribution >= 0.6 is 0 Å². The van der Waals surface area contributed by atoms with Crippen LogP contribution in [0.2, 0.25) is 0 Å². The fourth-order valence-corrected chi connectivity index (χ4v) is 3.61. The molecule has 1 aromatic carbocycles. The maximum atomic E-state index is 12.3. The van der Waals surface area contributed by atoms with E-state index < -0.39 is 6.10 Å². The highest BCUT2D eigenvalue weighted by molar-refractivity contribution is 5.74. The predicted molar refractivity (Wildman–Crippen MR) is 101 cm³/mol. The number of nitrogens with zero attached hydrogens (tertiary/aromatic N) is 2. The predicted octanol–water partition coefficient (Wildman–Crippen LogP) is 2.84. The second-order valence-electron chi connectivity index (χ2n) is 7.77. The van der Waals surface area contributed by atoms with E-state index in [0.717, 1.165) is 37.5 Å². The molecule has 0 radical (unpaired) electrons. The van der Waals surface area contributed by atoms with Crippen molar-refractivity contribution in [2.45, 2.75) is 45.8 Å². The van der Waals surface area contributed by atoms with Crippen molar-refractivity contribution in [2.75, 3.05) is 31.1 Å². The van der Waals surface area contributed by atoms with E-state index in [1.807, 2.05) is 6.92 Å². The van der Waals surface area contributed by atoms with Crippen molar-refractivity contribution in [1.82, 2.24) is 10.2 Å². The lowest BCUT2D eigenvalue weighted by Gasteiger charge is -2.34. The van der Waals surface area contributed by atoms with Crippen molar-refractivity contribution >= 4 is 11.7 Å². The van der Waals surface area contributed by atoms with Gasteiger partial charge in [-0.25, -0.2) is 4.79 Å². The van der Waals surface area contributed by atoms with Gasteiger partial charge < -0.3 is 20.2 Å². The summed E-state index contributed by atoms with van der Waals surface area (Å²) in [5, 5.41) is 12.9. The van der Waals surface area contributed by atoms with E-state index in [0.29, 0.717) is 13.1 Å². The quantitative estimate of drug-likeness (QED) is 0.886. The smallest absolute Gasteiger partial charge is 0.317 e. The average Bonchev–Trinajstić information content (AvgIpc) is 2.63. The molecule has 0 aliphatic carbocycles. The van der Waals surface area contributed by atoms with Crippen LogP contribution in [0.4, 0.5) is 10.5 Å². The van der Waals surface area contributed by atoms with Crippen molar-refractivity contribution in [2.24, 2.45) is 11.8 Å². The van der Waals surface area contributed by atoms with Gasteiger partial charge in [0.05, 0.1) is 6.10 Å². The lowest BCUT2D eigenvalue weighted by Crippen LogP contribution is -2.49. The first-order chi connectivity index (χ1) is 12.0. The van der Waals surface area contributed by atoms with Crippen LogP contribution in [0.1, 0.15) is 38.7 Å². The van der Waals surface area contributed by atoms with Gasteiger partial charge in [-0.3, -0.25) is 0 Å². The number of amides is 2. The summed E-state index contributed by atoms with van der Waals surface area (Å²) in [5.41, 5.74) is 2.38. The minimum atomic E-state index is -0.411. The van der Waals surface area contributed by atoms with E-state index >= 15 is 0 Å². The number of benzene rings is 1. The maximum absolute atomic E-state index is 12.3. The van der Waals surface area contributed by atoms with Crippen molar-refractivity contribution in [3.05, 3.63) is 29.8 Å². The summed E-state index contributed by atoms with van der Waals surface area (Å²) in [6.45, 7) is 8.30. The Balaban J connectivity index is 1.48. The molecule has 2 aliphatic rings. The molecule has 2 unspecified atom stereocenters. The zero-order valence-corrected chi connectivity index (χ0v) is 15.4. The van der Waals surface area contributed by atoms with Gasteiger partial charge in [0, 0.05) is 38.4 Å². The van der Waals surface area contributed by atoms with Gasteiger partial charge in [-0.05, 0) is 48.8 Å². The Hall–Kier alpha value is -1.75. The average molecular weight is 345 g/mol. The highest BCUT2D eigenvalue weighted by Crippen LogP contribution is 2.23. The fraction of sp³-hybridized carbons (Fsp3) is 0.650. The van der Waals surface area contributed by atoms with Gasteiger partial charge in [0.1, 0.15) is 0 Å².